The number of carboxylic acid groups (broad SMARTS) is 1. The van der Waals surface area contributed by atoms with E-state index in [2.05, 4.69) is 165 Å². The molecule has 0 spiro atoms. The normalized spacial score (nSPS) is 36.0. The first-order valence-electron chi connectivity index (χ1n) is 51.2. The summed E-state index contributed by atoms with van der Waals surface area (Å²) in [5.41, 5.74) is 3.42. The molecular formula is C113H180O18. The third-order valence-electron chi connectivity index (χ3n) is 33.9. The number of rotatable bonds is 21. The van der Waals surface area contributed by atoms with Crippen LogP contribution >= 0.6 is 0 Å². The molecule has 131 heavy (non-hydrogen) atoms. The van der Waals surface area contributed by atoms with Gasteiger partial charge in [0.25, 0.3) is 0 Å². The van der Waals surface area contributed by atoms with Crippen molar-refractivity contribution in [2.45, 2.75) is 494 Å². The number of hydrogen-bond acceptors (Lipinski definition) is 17. The van der Waals surface area contributed by atoms with Crippen molar-refractivity contribution in [2.24, 2.45) is 91.2 Å². The van der Waals surface area contributed by atoms with Crippen LogP contribution in [-0.2, 0) is 76.4 Å². The Labute approximate surface area is 791 Å². The molecule has 0 bridgehead atoms. The van der Waals surface area contributed by atoms with Crippen LogP contribution in [-0.4, -0.2) is 133 Å². The predicted octanol–water partition coefficient (Wildman–Crippen LogP) is 26.1. The van der Waals surface area contributed by atoms with Crippen molar-refractivity contribution >= 4 is 52.6 Å². The third-order valence-corrected chi connectivity index (χ3v) is 33.9. The van der Waals surface area contributed by atoms with Crippen LogP contribution < -0.4 is 0 Å². The number of carbonyl (C=O) groups excluding carboxylic acids is 9. The number of ketones is 7. The van der Waals surface area contributed by atoms with Crippen LogP contribution in [0.1, 0.15) is 424 Å². The van der Waals surface area contributed by atoms with Crippen molar-refractivity contribution in [3.8, 4) is 0 Å². The summed E-state index contributed by atoms with van der Waals surface area (Å²) in [4.78, 5) is 114. The molecule has 11 saturated carbocycles. The Bertz CT molecular complexity index is 4180. The molecule has 740 valence electrons. The second-order valence-electron chi connectivity index (χ2n) is 50.1. The molecule has 18 heteroatoms. The maximum Gasteiger partial charge on any atom is 0.373 e. The van der Waals surface area contributed by atoms with Gasteiger partial charge in [-0.2, -0.15) is 9.59 Å². The molecular weight excluding hydrogens is 1650 g/mol. The van der Waals surface area contributed by atoms with Gasteiger partial charge >= 0.3 is 12.1 Å². The molecule has 14 aliphatic rings. The molecule has 11 fully saturated rings. The standard InChI is InChI=1S/C24H38O4.C22H36O2.C22H34O2.C15H22O4.C15H26O2.C14H24O2.CO2/c1-7-8-9-10-19(26)13-14-24(17(2)25)16-23(6)18(15-20(24)27)11-12-21(23)28-22(3,4)5;2*1-6-7-8-17-18-13-16-10-12-20(24-21(2,3)4)22(16,5)14-15(18)9-11-19(17)23;1-14(2,3)19-11-6-5-9-12(13(17)18)10(16)7-8-15(9,11)4;1-10-9-15(5)11(8-12(10)16)6-7-13(15)17-14(2,3)4;1-13(2,3)16-12-6-5-10-9-11(15)7-8-14(10,12)4;2-1-3/h7,18,21H,1,8-16H2,2-6H3;6,15-18,20H,1,7-14H2,2-5H3;6,15-16,20H,1,7-14H2,2-5H3;11H,5-8H2,1-4H3,(H,17,18);11,13,16H,6-9H2,1-5H3;10,12H,5-9H2,1-4H3;/t18-,21-,23-,24?;15-,16+,17+,18-,20+,22+;15-,16+,20+,22+;11-,15-;11-,13-,15-;10-,12-,14-;/m100111./s1. The Balaban J connectivity index is 0.000000194. The lowest BCUT2D eigenvalue weighted by Crippen LogP contribution is -2.53. The number of aliphatic hydroxyl groups is 1. The first kappa shape index (κ1) is 111. The highest BCUT2D eigenvalue weighted by Gasteiger charge is 2.63. The first-order valence-corrected chi connectivity index (χ1v) is 51.2. The molecule has 0 heterocycles. The smallest absolute Gasteiger partial charge is 0.373 e. The summed E-state index contributed by atoms with van der Waals surface area (Å²) in [5, 5.41) is 19.2. The van der Waals surface area contributed by atoms with Crippen LogP contribution in [0.5, 0.6) is 0 Å². The van der Waals surface area contributed by atoms with Gasteiger partial charge in [-0.05, 0) is 410 Å². The minimum Gasteiger partial charge on any atom is -0.512 e. The number of aliphatic hydroxyl groups excluding tert-OH is 1. The molecule has 22 atom stereocenters. The minimum atomic E-state index is -1.08. The average molecular weight is 1830 g/mol. The molecule has 0 saturated heterocycles. The van der Waals surface area contributed by atoms with Crippen LogP contribution in [0.15, 0.2) is 71.6 Å². The van der Waals surface area contributed by atoms with Crippen LogP contribution in [0.3, 0.4) is 0 Å². The van der Waals surface area contributed by atoms with Crippen LogP contribution in [0.2, 0.25) is 0 Å². The van der Waals surface area contributed by atoms with Crippen LogP contribution in [0, 0.1) is 91.2 Å². The van der Waals surface area contributed by atoms with E-state index in [1.54, 1.807) is 0 Å². The van der Waals surface area contributed by atoms with Crippen molar-refractivity contribution in [1.29, 1.82) is 0 Å². The topological polar surface area (TPSA) is 267 Å². The Morgan fingerprint density at radius 1 is 0.489 bits per heavy atom. The maximum atomic E-state index is 13.1. The second kappa shape index (κ2) is 44.1. The van der Waals surface area contributed by atoms with Gasteiger partial charge in [0, 0.05) is 74.5 Å². The van der Waals surface area contributed by atoms with Gasteiger partial charge in [-0.3, -0.25) is 33.6 Å². The van der Waals surface area contributed by atoms with Gasteiger partial charge in [0.15, 0.2) is 11.6 Å². The number of carbonyl (C=O) groups is 8. The molecule has 0 amide bonds. The fraction of sp³-hybridized carbons (Fsp3) is 0.814. The quantitative estimate of drug-likeness (QED) is 0.0468. The Hall–Kier alpha value is -5.46. The van der Waals surface area contributed by atoms with Crippen molar-refractivity contribution in [2.75, 3.05) is 0 Å². The molecule has 0 aromatic heterocycles. The molecule has 0 aliphatic heterocycles. The Morgan fingerprint density at radius 2 is 0.954 bits per heavy atom. The lowest BCUT2D eigenvalue weighted by Gasteiger charge is -2.52. The predicted molar refractivity (Wildman–Crippen MR) is 519 cm³/mol. The number of allylic oxidation sites excluding steroid dienone is 7. The maximum absolute atomic E-state index is 13.1. The zero-order valence-electron chi connectivity index (χ0n) is 86.8. The van der Waals surface area contributed by atoms with Gasteiger partial charge in [0.05, 0.1) is 81.4 Å². The lowest BCUT2D eigenvalue weighted by atomic mass is 9.54. The van der Waals surface area contributed by atoms with Gasteiger partial charge < -0.3 is 38.6 Å². The van der Waals surface area contributed by atoms with E-state index in [9.17, 15) is 48.6 Å². The molecule has 14 rings (SSSR count). The summed E-state index contributed by atoms with van der Waals surface area (Å²) >= 11 is 0. The third kappa shape index (κ3) is 27.5. The van der Waals surface area contributed by atoms with Gasteiger partial charge in [-0.15, -0.1) is 19.7 Å². The highest BCUT2D eigenvalue weighted by Crippen LogP contribution is 2.65. The molecule has 2 N–H and O–H groups in total. The minimum absolute atomic E-state index is 0.00458. The lowest BCUT2D eigenvalue weighted by molar-refractivity contribution is -0.192. The van der Waals surface area contributed by atoms with Gasteiger partial charge in [0.2, 0.25) is 0 Å². The number of ether oxygens (including phenoxy) is 6. The number of unbranched alkanes of at least 4 members (excludes halogenated alkanes) is 1. The molecule has 1 unspecified atom stereocenters. The highest BCUT2D eigenvalue weighted by molar-refractivity contribution is 6.18. The zero-order valence-corrected chi connectivity index (χ0v) is 86.8. The largest absolute Gasteiger partial charge is 0.512 e. The fourth-order valence-electron chi connectivity index (χ4n) is 27.1. The number of fused-ring (bicyclic) bond motifs is 8. The van der Waals surface area contributed by atoms with Crippen molar-refractivity contribution in [3.05, 3.63) is 71.6 Å². The second-order valence-corrected chi connectivity index (χ2v) is 50.1. The van der Waals surface area contributed by atoms with E-state index < -0.39 is 11.4 Å². The van der Waals surface area contributed by atoms with E-state index in [1.165, 1.54) is 70.3 Å². The van der Waals surface area contributed by atoms with E-state index in [0.717, 1.165) is 163 Å². The summed E-state index contributed by atoms with van der Waals surface area (Å²) in [5.74, 6) is 5.91. The van der Waals surface area contributed by atoms with E-state index in [1.807, 2.05) is 45.9 Å². The monoisotopic (exact) mass is 1830 g/mol. The van der Waals surface area contributed by atoms with Gasteiger partial charge in [-0.1, -0.05) is 65.3 Å². The number of carboxylic acids is 1. The Kier molecular flexibility index (Phi) is 37.3. The summed E-state index contributed by atoms with van der Waals surface area (Å²) in [7, 11) is 0. The van der Waals surface area contributed by atoms with E-state index >= 15 is 0 Å². The van der Waals surface area contributed by atoms with Crippen molar-refractivity contribution < 1.29 is 86.6 Å². The summed E-state index contributed by atoms with van der Waals surface area (Å²) < 4.78 is 37.9. The SMILES string of the molecule is C=CCCC1=C2C[C@H]3CC[C@@H](OC(C)(C)C)[C@]3(C)C[C@@H]2CCC1=O.C=CCCCC(=O)CCC1(C(C)=O)C[C@]2(C)[C@H](CC[C@H]2OC(C)(C)C)CC1=O.C=CCC[C@H]1C(=O)CC[C@H]2C[C@]3(C)[C@H](CC[C@H]3OC(C)(C)C)C[C@@H]21.CC(C)(C)O[C@@H]1CCC2=C(C(=O)O)C(=O)CC[C@]21C.CC(C)(C)O[C@@H]1CC[C@@H]2CC(=O)CC[C@]21C.CC1=C(O)C[C@H]2CC[C@@H](OC(C)(C)C)[C@]2(C)C1.O=C=O. The average Bonchev–Trinajstić information content (AvgIpc) is 1.64. The summed E-state index contributed by atoms with van der Waals surface area (Å²) in [6.07, 6.45) is 41.9. The van der Waals surface area contributed by atoms with Crippen LogP contribution in [0.25, 0.3) is 0 Å². The van der Waals surface area contributed by atoms with E-state index in [-0.39, 0.29) is 114 Å². The molecule has 0 aromatic carbocycles. The highest BCUT2D eigenvalue weighted by atomic mass is 16.5. The number of Topliss-reactive ketones (excluding diaryl/α,β-unsaturated/α-hetero) is 7. The Morgan fingerprint density at radius 3 is 1.46 bits per heavy atom. The summed E-state index contributed by atoms with van der Waals surface area (Å²) in [6.45, 7) is 66.8. The molecule has 0 aromatic rings. The summed E-state index contributed by atoms with van der Waals surface area (Å²) in [6, 6.07) is 0. The number of aliphatic carboxylic acids is 1. The van der Waals surface area contributed by atoms with Crippen LogP contribution in [0.4, 0.5) is 0 Å². The first-order chi connectivity index (χ1) is 60.5. The van der Waals surface area contributed by atoms with Gasteiger partial charge in [0.1, 0.15) is 34.5 Å². The molecule has 0 radical (unpaired) electrons. The zero-order chi connectivity index (χ0) is 98.2. The van der Waals surface area contributed by atoms with Gasteiger partial charge in [-0.25, -0.2) is 4.79 Å². The van der Waals surface area contributed by atoms with Crippen molar-refractivity contribution in [1.82, 2.24) is 0 Å². The number of hydrogen-bond donors (Lipinski definition) is 2. The molecule has 18 nitrogen and oxygen atoms in total. The van der Waals surface area contributed by atoms with Crippen molar-refractivity contribution in [3.63, 3.8) is 0 Å². The van der Waals surface area contributed by atoms with E-state index in [4.69, 9.17) is 38.0 Å². The van der Waals surface area contributed by atoms with E-state index in [0.29, 0.717) is 140 Å². The molecule has 14 aliphatic carbocycles. The fourth-order valence-corrected chi connectivity index (χ4v) is 27.1.